The molecule has 0 aliphatic heterocycles. The summed E-state index contributed by atoms with van der Waals surface area (Å²) in [4.78, 5) is 11.4. The van der Waals surface area contributed by atoms with Crippen molar-refractivity contribution < 1.29 is 9.53 Å². The molecule has 0 atom stereocenters. The van der Waals surface area contributed by atoms with Crippen LogP contribution in [-0.4, -0.2) is 11.6 Å². The molecule has 1 aliphatic rings. The summed E-state index contributed by atoms with van der Waals surface area (Å²) >= 11 is 0. The van der Waals surface area contributed by atoms with Crippen molar-refractivity contribution in [2.75, 3.05) is 0 Å². The van der Waals surface area contributed by atoms with Gasteiger partial charge in [0.2, 0.25) is 0 Å². The lowest BCUT2D eigenvalue weighted by Gasteiger charge is -2.21. The maximum atomic E-state index is 11.4. The van der Waals surface area contributed by atoms with Gasteiger partial charge in [0.25, 0.3) is 0 Å². The van der Waals surface area contributed by atoms with E-state index in [2.05, 4.69) is 43.1 Å². The zero-order chi connectivity index (χ0) is 12.9. The molecule has 0 saturated heterocycles. The van der Waals surface area contributed by atoms with Gasteiger partial charge >= 0.3 is 5.97 Å². The number of carbonyl (C=O) groups excluding carboxylic acids is 1. The van der Waals surface area contributed by atoms with Crippen LogP contribution < -0.4 is 0 Å². The summed E-state index contributed by atoms with van der Waals surface area (Å²) < 4.78 is 5.11. The zero-order valence-electron chi connectivity index (χ0n) is 11.0. The Kier molecular flexibility index (Phi) is 4.17. The Labute approximate surface area is 104 Å². The van der Waals surface area contributed by atoms with Crippen LogP contribution in [0.2, 0.25) is 0 Å². The third kappa shape index (κ3) is 5.40. The van der Waals surface area contributed by atoms with E-state index in [1.165, 1.54) is 0 Å². The molecule has 1 rings (SSSR count). The number of allylic oxidation sites excluding steroid dienone is 4. The molecule has 1 aliphatic carbocycles. The van der Waals surface area contributed by atoms with Gasteiger partial charge in [-0.05, 0) is 27.2 Å². The Morgan fingerprint density at radius 2 is 1.94 bits per heavy atom. The predicted octanol–water partition coefficient (Wildman–Crippen LogP) is 3.24. The largest absolute Gasteiger partial charge is 0.450 e. The van der Waals surface area contributed by atoms with Crippen LogP contribution in [0.1, 0.15) is 40.5 Å². The molecule has 2 heteroatoms. The van der Waals surface area contributed by atoms with Crippen molar-refractivity contribution in [3.05, 3.63) is 24.3 Å². The topological polar surface area (TPSA) is 26.3 Å². The molecule has 0 aromatic carbocycles. The Morgan fingerprint density at radius 1 is 1.35 bits per heavy atom. The summed E-state index contributed by atoms with van der Waals surface area (Å²) in [6, 6.07) is 0. The number of ether oxygens (including phenoxy) is 1. The highest BCUT2D eigenvalue weighted by Crippen LogP contribution is 2.27. The lowest BCUT2D eigenvalue weighted by atomic mass is 9.83. The minimum absolute atomic E-state index is 0.0484. The SMILES string of the molecule is CC1(CC#CC(=O)OC(C)(C)C)C=CCC=C1. The van der Waals surface area contributed by atoms with Gasteiger partial charge in [-0.15, -0.1) is 0 Å². The second-order valence-corrected chi connectivity index (χ2v) is 5.53. The second kappa shape index (κ2) is 5.23. The molecule has 0 radical (unpaired) electrons. The minimum atomic E-state index is -0.472. The highest BCUT2D eigenvalue weighted by Gasteiger charge is 2.18. The first-order chi connectivity index (χ1) is 7.81. The van der Waals surface area contributed by atoms with Crippen molar-refractivity contribution in [2.24, 2.45) is 5.41 Å². The van der Waals surface area contributed by atoms with Crippen molar-refractivity contribution >= 4 is 5.97 Å². The first-order valence-electron chi connectivity index (χ1n) is 5.88. The number of hydrogen-bond donors (Lipinski definition) is 0. The molecule has 0 saturated carbocycles. The van der Waals surface area contributed by atoms with Crippen molar-refractivity contribution in [2.45, 2.75) is 46.1 Å². The number of esters is 1. The Hall–Kier alpha value is -1.49. The summed E-state index contributed by atoms with van der Waals surface area (Å²) in [6.45, 7) is 7.60. The Morgan fingerprint density at radius 3 is 2.47 bits per heavy atom. The third-order valence-corrected chi connectivity index (χ3v) is 2.33. The molecular weight excluding hydrogens is 212 g/mol. The van der Waals surface area contributed by atoms with E-state index in [0.29, 0.717) is 6.42 Å². The van der Waals surface area contributed by atoms with Gasteiger partial charge in [-0.25, -0.2) is 4.79 Å². The standard InChI is InChI=1S/C15H20O2/c1-14(2,3)17-13(16)9-8-12-15(4)10-6-5-7-11-15/h6-7,10-11H,5,12H2,1-4H3. The second-order valence-electron chi connectivity index (χ2n) is 5.53. The van der Waals surface area contributed by atoms with Gasteiger partial charge in [0.05, 0.1) is 0 Å². The lowest BCUT2D eigenvalue weighted by molar-refractivity contribution is -0.147. The monoisotopic (exact) mass is 232 g/mol. The minimum Gasteiger partial charge on any atom is -0.450 e. The fraction of sp³-hybridized carbons (Fsp3) is 0.533. The summed E-state index contributed by atoms with van der Waals surface area (Å²) in [6.07, 6.45) is 10.1. The van der Waals surface area contributed by atoms with E-state index >= 15 is 0 Å². The molecule has 0 aromatic heterocycles. The normalized spacial score (nSPS) is 17.2. The Bertz CT molecular complexity index is 385. The maximum Gasteiger partial charge on any atom is 0.384 e. The molecule has 0 amide bonds. The van der Waals surface area contributed by atoms with E-state index in [-0.39, 0.29) is 5.41 Å². The molecule has 92 valence electrons. The molecule has 0 N–H and O–H groups in total. The number of rotatable bonds is 1. The molecule has 0 fully saturated rings. The van der Waals surface area contributed by atoms with Gasteiger partial charge in [0.1, 0.15) is 5.60 Å². The molecule has 0 spiro atoms. The summed E-state index contributed by atoms with van der Waals surface area (Å²) in [7, 11) is 0. The zero-order valence-corrected chi connectivity index (χ0v) is 11.0. The molecule has 17 heavy (non-hydrogen) atoms. The first kappa shape index (κ1) is 13.6. The highest BCUT2D eigenvalue weighted by molar-refractivity contribution is 5.88. The fourth-order valence-electron chi connectivity index (χ4n) is 1.54. The van der Waals surface area contributed by atoms with Crippen LogP contribution in [0.4, 0.5) is 0 Å². The van der Waals surface area contributed by atoms with Crippen LogP contribution in [-0.2, 0) is 9.53 Å². The third-order valence-electron chi connectivity index (χ3n) is 2.33. The van der Waals surface area contributed by atoms with Crippen molar-refractivity contribution in [1.82, 2.24) is 0 Å². The number of hydrogen-bond acceptors (Lipinski definition) is 2. The van der Waals surface area contributed by atoms with Crippen LogP contribution in [0.25, 0.3) is 0 Å². The fourth-order valence-corrected chi connectivity index (χ4v) is 1.54. The van der Waals surface area contributed by atoms with E-state index in [1.54, 1.807) is 0 Å². The maximum absolute atomic E-state index is 11.4. The van der Waals surface area contributed by atoms with Gasteiger partial charge in [-0.2, -0.15) is 0 Å². The first-order valence-corrected chi connectivity index (χ1v) is 5.88. The molecule has 2 nitrogen and oxygen atoms in total. The Balaban J connectivity index is 2.51. The van der Waals surface area contributed by atoms with Crippen LogP contribution in [0.15, 0.2) is 24.3 Å². The highest BCUT2D eigenvalue weighted by atomic mass is 16.6. The lowest BCUT2D eigenvalue weighted by Crippen LogP contribution is -2.22. The summed E-state index contributed by atoms with van der Waals surface area (Å²) in [5, 5.41) is 0. The molecule has 0 bridgehead atoms. The average Bonchev–Trinajstić information content (AvgIpc) is 2.15. The van der Waals surface area contributed by atoms with Gasteiger partial charge in [-0.3, -0.25) is 0 Å². The van der Waals surface area contributed by atoms with Crippen LogP contribution in [0.3, 0.4) is 0 Å². The van der Waals surface area contributed by atoms with E-state index in [4.69, 9.17) is 4.74 Å². The van der Waals surface area contributed by atoms with E-state index in [9.17, 15) is 4.79 Å². The van der Waals surface area contributed by atoms with E-state index in [1.807, 2.05) is 20.8 Å². The average molecular weight is 232 g/mol. The quantitative estimate of drug-likeness (QED) is 0.300. The predicted molar refractivity (Wildman–Crippen MR) is 69.2 cm³/mol. The van der Waals surface area contributed by atoms with Crippen molar-refractivity contribution in [1.29, 1.82) is 0 Å². The molecular formula is C15H20O2. The van der Waals surface area contributed by atoms with Crippen molar-refractivity contribution in [3.63, 3.8) is 0 Å². The van der Waals surface area contributed by atoms with Crippen LogP contribution in [0, 0.1) is 17.3 Å². The summed E-state index contributed by atoms with van der Waals surface area (Å²) in [5.41, 5.74) is -0.520. The van der Waals surface area contributed by atoms with Gasteiger partial charge in [-0.1, -0.05) is 37.1 Å². The molecule has 0 unspecified atom stereocenters. The van der Waals surface area contributed by atoms with E-state index < -0.39 is 11.6 Å². The number of carbonyl (C=O) groups is 1. The van der Waals surface area contributed by atoms with Crippen molar-refractivity contribution in [3.8, 4) is 11.8 Å². The van der Waals surface area contributed by atoms with Gasteiger partial charge in [0.15, 0.2) is 0 Å². The van der Waals surface area contributed by atoms with Gasteiger partial charge in [0, 0.05) is 17.8 Å². The smallest absolute Gasteiger partial charge is 0.384 e. The summed E-state index contributed by atoms with van der Waals surface area (Å²) in [5.74, 6) is 4.97. The molecule has 0 aromatic rings. The van der Waals surface area contributed by atoms with Crippen LogP contribution >= 0.6 is 0 Å². The van der Waals surface area contributed by atoms with E-state index in [0.717, 1.165) is 6.42 Å². The van der Waals surface area contributed by atoms with Crippen LogP contribution in [0.5, 0.6) is 0 Å². The molecule has 0 heterocycles. The van der Waals surface area contributed by atoms with Gasteiger partial charge < -0.3 is 4.74 Å².